The first-order chi connectivity index (χ1) is 8.83. The summed E-state index contributed by atoms with van der Waals surface area (Å²) >= 11 is 0. The lowest BCUT2D eigenvalue weighted by Gasteiger charge is -2.21. The first-order valence-electron chi connectivity index (χ1n) is 5.99. The molecular formula is C11H21N3O4S. The van der Waals surface area contributed by atoms with Crippen molar-refractivity contribution in [2.45, 2.75) is 38.3 Å². The van der Waals surface area contributed by atoms with Crippen LogP contribution in [0.5, 0.6) is 0 Å². The largest absolute Gasteiger partial charge is 0.390 e. The van der Waals surface area contributed by atoms with E-state index >= 15 is 0 Å². The molecule has 0 aliphatic carbocycles. The fourth-order valence-electron chi connectivity index (χ4n) is 1.73. The van der Waals surface area contributed by atoms with Gasteiger partial charge in [-0.25, -0.2) is 13.1 Å². The van der Waals surface area contributed by atoms with E-state index in [1.54, 1.807) is 6.92 Å². The minimum Gasteiger partial charge on any atom is -0.390 e. The van der Waals surface area contributed by atoms with Gasteiger partial charge in [0.25, 0.3) is 0 Å². The molecule has 19 heavy (non-hydrogen) atoms. The van der Waals surface area contributed by atoms with Crippen LogP contribution in [0, 0.1) is 12.8 Å². The van der Waals surface area contributed by atoms with Crippen molar-refractivity contribution in [3.8, 4) is 0 Å². The Hall–Kier alpha value is -0.960. The highest BCUT2D eigenvalue weighted by molar-refractivity contribution is 7.89. The number of ether oxygens (including phenoxy) is 1. The number of H-pyrrole nitrogens is 1. The molecule has 0 aliphatic heterocycles. The smallest absolute Gasteiger partial charge is 0.244 e. The van der Waals surface area contributed by atoms with Crippen LogP contribution < -0.4 is 4.72 Å². The normalized spacial score (nSPS) is 14.0. The maximum absolute atomic E-state index is 12.3. The predicted octanol–water partition coefficient (Wildman–Crippen LogP) is 0.160. The van der Waals surface area contributed by atoms with Gasteiger partial charge in [-0.1, -0.05) is 13.8 Å². The lowest BCUT2D eigenvalue weighted by atomic mass is 10.1. The Kier molecular flexibility index (Phi) is 5.48. The number of methoxy groups -OCH3 is 1. The first kappa shape index (κ1) is 16.1. The zero-order chi connectivity index (χ0) is 14.6. The van der Waals surface area contributed by atoms with Gasteiger partial charge >= 0.3 is 0 Å². The van der Waals surface area contributed by atoms with Crippen LogP contribution in [0.2, 0.25) is 0 Å². The third kappa shape index (κ3) is 3.75. The SMILES string of the molecule is COCC(NS(=O)(=O)c1c(CO)n[nH]c1C)C(C)C. The molecule has 1 aromatic rings. The van der Waals surface area contributed by atoms with E-state index in [4.69, 9.17) is 9.84 Å². The molecule has 3 N–H and O–H groups in total. The van der Waals surface area contributed by atoms with Gasteiger partial charge < -0.3 is 9.84 Å². The molecule has 0 bridgehead atoms. The van der Waals surface area contributed by atoms with E-state index in [0.717, 1.165) is 0 Å². The molecule has 0 aromatic carbocycles. The average Bonchev–Trinajstić information content (AvgIpc) is 2.70. The first-order valence-corrected chi connectivity index (χ1v) is 7.47. The van der Waals surface area contributed by atoms with E-state index in [-0.39, 0.29) is 29.2 Å². The number of aromatic nitrogens is 2. The number of hydrogen-bond donors (Lipinski definition) is 3. The van der Waals surface area contributed by atoms with Crippen molar-refractivity contribution in [3.05, 3.63) is 11.4 Å². The van der Waals surface area contributed by atoms with Gasteiger partial charge in [-0.05, 0) is 12.8 Å². The van der Waals surface area contributed by atoms with Crippen LogP contribution in [-0.2, 0) is 21.4 Å². The Balaban J connectivity index is 3.06. The Labute approximate surface area is 113 Å². The molecule has 1 aromatic heterocycles. The lowest BCUT2D eigenvalue weighted by molar-refractivity contribution is 0.157. The molecule has 110 valence electrons. The summed E-state index contributed by atoms with van der Waals surface area (Å²) < 4.78 is 32.3. The standard InChI is InChI=1S/C11H21N3O4S/c1-7(2)10(6-18-4)14-19(16,17)11-8(3)12-13-9(11)5-15/h7,10,14-15H,5-6H2,1-4H3,(H,12,13). The summed E-state index contributed by atoms with van der Waals surface area (Å²) in [5, 5.41) is 15.5. The zero-order valence-electron chi connectivity index (χ0n) is 11.6. The second-order valence-corrected chi connectivity index (χ2v) is 6.36. The minimum absolute atomic E-state index is 0.0109. The number of aliphatic hydroxyl groups excluding tert-OH is 1. The van der Waals surface area contributed by atoms with E-state index in [2.05, 4.69) is 14.9 Å². The Morgan fingerprint density at radius 3 is 2.58 bits per heavy atom. The molecule has 0 radical (unpaired) electrons. The molecule has 1 rings (SSSR count). The Morgan fingerprint density at radius 2 is 2.11 bits per heavy atom. The summed E-state index contributed by atoms with van der Waals surface area (Å²) in [7, 11) is -2.22. The van der Waals surface area contributed by atoms with Crippen LogP contribution in [0.3, 0.4) is 0 Å². The van der Waals surface area contributed by atoms with Crippen molar-refractivity contribution in [2.75, 3.05) is 13.7 Å². The highest BCUT2D eigenvalue weighted by Crippen LogP contribution is 2.18. The lowest BCUT2D eigenvalue weighted by Crippen LogP contribution is -2.41. The monoisotopic (exact) mass is 291 g/mol. The van der Waals surface area contributed by atoms with E-state index in [1.807, 2.05) is 13.8 Å². The van der Waals surface area contributed by atoms with Crippen LogP contribution in [0.4, 0.5) is 0 Å². The minimum atomic E-state index is -3.74. The van der Waals surface area contributed by atoms with Crippen molar-refractivity contribution >= 4 is 10.0 Å². The van der Waals surface area contributed by atoms with Gasteiger partial charge in [-0.2, -0.15) is 5.10 Å². The third-order valence-electron chi connectivity index (χ3n) is 2.84. The molecule has 1 heterocycles. The summed E-state index contributed by atoms with van der Waals surface area (Å²) in [5.74, 6) is 0.0829. The summed E-state index contributed by atoms with van der Waals surface area (Å²) in [6.45, 7) is 5.25. The van der Waals surface area contributed by atoms with Crippen molar-refractivity contribution in [1.82, 2.24) is 14.9 Å². The fraction of sp³-hybridized carbons (Fsp3) is 0.727. The van der Waals surface area contributed by atoms with Gasteiger partial charge in [0.05, 0.1) is 18.9 Å². The maximum atomic E-state index is 12.3. The summed E-state index contributed by atoms with van der Waals surface area (Å²) in [6, 6.07) is -0.337. The number of sulfonamides is 1. The number of rotatable bonds is 7. The van der Waals surface area contributed by atoms with Gasteiger partial charge in [-0.3, -0.25) is 5.10 Å². The molecule has 1 atom stereocenters. The van der Waals surface area contributed by atoms with Gasteiger partial charge in [0.1, 0.15) is 10.6 Å². The van der Waals surface area contributed by atoms with Crippen molar-refractivity contribution < 1.29 is 18.3 Å². The second-order valence-electron chi connectivity index (χ2n) is 4.71. The van der Waals surface area contributed by atoms with Crippen LogP contribution in [0.1, 0.15) is 25.2 Å². The number of hydrogen-bond acceptors (Lipinski definition) is 5. The zero-order valence-corrected chi connectivity index (χ0v) is 12.4. The molecule has 8 heteroatoms. The predicted molar refractivity (Wildman–Crippen MR) is 70.1 cm³/mol. The van der Waals surface area contributed by atoms with Crippen molar-refractivity contribution in [1.29, 1.82) is 0 Å². The number of aromatic amines is 1. The molecule has 0 amide bonds. The third-order valence-corrected chi connectivity index (χ3v) is 4.53. The van der Waals surface area contributed by atoms with Gasteiger partial charge in [0.2, 0.25) is 10.0 Å². The number of aliphatic hydroxyl groups is 1. The highest BCUT2D eigenvalue weighted by atomic mass is 32.2. The molecule has 1 unspecified atom stereocenters. The molecule has 0 saturated heterocycles. The van der Waals surface area contributed by atoms with Crippen LogP contribution >= 0.6 is 0 Å². The summed E-state index contributed by atoms with van der Waals surface area (Å²) in [5.41, 5.74) is 0.515. The quantitative estimate of drug-likeness (QED) is 0.664. The molecule has 7 nitrogen and oxygen atoms in total. The van der Waals surface area contributed by atoms with Gasteiger partial charge in [0, 0.05) is 13.2 Å². The van der Waals surface area contributed by atoms with Crippen molar-refractivity contribution in [3.63, 3.8) is 0 Å². The number of aryl methyl sites for hydroxylation is 1. The molecule has 0 aliphatic rings. The van der Waals surface area contributed by atoms with Crippen molar-refractivity contribution in [2.24, 2.45) is 5.92 Å². The van der Waals surface area contributed by atoms with Gasteiger partial charge in [-0.15, -0.1) is 0 Å². The van der Waals surface area contributed by atoms with Crippen LogP contribution in [0.25, 0.3) is 0 Å². The van der Waals surface area contributed by atoms with Crippen LogP contribution in [-0.4, -0.2) is 43.5 Å². The summed E-state index contributed by atoms with van der Waals surface area (Å²) in [4.78, 5) is 0.0109. The number of nitrogens with zero attached hydrogens (tertiary/aromatic N) is 1. The number of nitrogens with one attached hydrogen (secondary N) is 2. The van der Waals surface area contributed by atoms with E-state index in [0.29, 0.717) is 5.69 Å². The molecule has 0 spiro atoms. The Bertz CT molecular complexity index is 510. The fourth-order valence-corrected chi connectivity index (χ4v) is 3.46. The molecule has 0 saturated carbocycles. The molecule has 0 fully saturated rings. The average molecular weight is 291 g/mol. The van der Waals surface area contributed by atoms with E-state index in [1.165, 1.54) is 7.11 Å². The Morgan fingerprint density at radius 1 is 1.47 bits per heavy atom. The summed E-state index contributed by atoms with van der Waals surface area (Å²) in [6.07, 6.45) is 0. The van der Waals surface area contributed by atoms with E-state index < -0.39 is 16.6 Å². The van der Waals surface area contributed by atoms with Crippen LogP contribution in [0.15, 0.2) is 4.90 Å². The van der Waals surface area contributed by atoms with E-state index in [9.17, 15) is 8.42 Å². The maximum Gasteiger partial charge on any atom is 0.244 e. The highest BCUT2D eigenvalue weighted by Gasteiger charge is 2.28. The second kappa shape index (κ2) is 6.47. The topological polar surface area (TPSA) is 104 Å². The van der Waals surface area contributed by atoms with Gasteiger partial charge in [0.15, 0.2) is 0 Å². The molecular weight excluding hydrogens is 270 g/mol.